The number of hydrogen-bond acceptors (Lipinski definition) is 5. The second-order valence-electron chi connectivity index (χ2n) is 6.81. The predicted molar refractivity (Wildman–Crippen MR) is 85.9 cm³/mol. The molecule has 1 aliphatic carbocycles. The summed E-state index contributed by atoms with van der Waals surface area (Å²) in [5.74, 6) is 2.91. The summed E-state index contributed by atoms with van der Waals surface area (Å²) >= 11 is 0. The van der Waals surface area contributed by atoms with E-state index in [1.165, 1.54) is 25.7 Å². The van der Waals surface area contributed by atoms with E-state index in [0.29, 0.717) is 30.3 Å². The zero-order valence-corrected chi connectivity index (χ0v) is 13.5. The Morgan fingerprint density at radius 3 is 2.64 bits per heavy atom. The van der Waals surface area contributed by atoms with Gasteiger partial charge < -0.3 is 15.2 Å². The lowest BCUT2D eigenvalue weighted by Gasteiger charge is -2.28. The van der Waals surface area contributed by atoms with Crippen LogP contribution in [-0.2, 0) is 4.74 Å². The third kappa shape index (κ3) is 3.88. The maximum atomic E-state index is 6.05. The molecule has 0 spiro atoms. The van der Waals surface area contributed by atoms with Crippen LogP contribution in [0.1, 0.15) is 56.9 Å². The summed E-state index contributed by atoms with van der Waals surface area (Å²) < 4.78 is 11.4. The van der Waals surface area contributed by atoms with Crippen molar-refractivity contribution in [2.45, 2.75) is 51.4 Å². The number of hydrogen-bond donors (Lipinski definition) is 1. The fraction of sp³-hybridized carbons (Fsp3) is 0.765. The van der Waals surface area contributed by atoms with Gasteiger partial charge in [0.15, 0.2) is 0 Å². The normalized spacial score (nSPS) is 26.8. The highest BCUT2D eigenvalue weighted by molar-refractivity contribution is 5.33. The van der Waals surface area contributed by atoms with Crippen molar-refractivity contribution in [3.8, 4) is 5.88 Å². The van der Waals surface area contributed by atoms with Crippen LogP contribution in [0.3, 0.4) is 0 Å². The van der Waals surface area contributed by atoms with E-state index in [9.17, 15) is 0 Å². The number of aromatic nitrogens is 2. The molecule has 1 aliphatic heterocycles. The molecular weight excluding hydrogens is 278 g/mol. The molecule has 2 heterocycles. The lowest BCUT2D eigenvalue weighted by molar-refractivity contribution is 0.0487. The van der Waals surface area contributed by atoms with E-state index in [2.05, 4.69) is 16.9 Å². The number of rotatable bonds is 4. The van der Waals surface area contributed by atoms with Crippen molar-refractivity contribution in [2.75, 3.05) is 25.6 Å². The van der Waals surface area contributed by atoms with Gasteiger partial charge in [-0.2, -0.15) is 4.98 Å². The summed E-state index contributed by atoms with van der Waals surface area (Å²) in [7, 11) is 0. The quantitative estimate of drug-likeness (QED) is 0.925. The molecule has 1 saturated heterocycles. The summed E-state index contributed by atoms with van der Waals surface area (Å²) in [6.07, 6.45) is 8.95. The molecule has 5 nitrogen and oxygen atoms in total. The maximum Gasteiger partial charge on any atom is 0.223 e. The average Bonchev–Trinajstić information content (AvgIpc) is 2.55. The van der Waals surface area contributed by atoms with Crippen LogP contribution in [0.25, 0.3) is 0 Å². The van der Waals surface area contributed by atoms with Crippen LogP contribution in [0.15, 0.2) is 6.20 Å². The molecule has 1 aromatic rings. The van der Waals surface area contributed by atoms with Crippen molar-refractivity contribution in [3.05, 3.63) is 11.8 Å². The van der Waals surface area contributed by atoms with E-state index in [-0.39, 0.29) is 0 Å². The standard InChI is InChI=1S/C17H27N3O2/c1-12-2-4-14(5-3-12)15-10-19-17(18)20-16(15)22-11-13-6-8-21-9-7-13/h10,12-14H,2-9,11H2,1H3,(H2,18,19,20)/t12-,14-. The van der Waals surface area contributed by atoms with Gasteiger partial charge >= 0.3 is 0 Å². The molecule has 0 aromatic carbocycles. The molecule has 0 atom stereocenters. The largest absolute Gasteiger partial charge is 0.477 e. The Labute approximate surface area is 132 Å². The van der Waals surface area contributed by atoms with Gasteiger partial charge in [-0.25, -0.2) is 4.98 Å². The van der Waals surface area contributed by atoms with Crippen molar-refractivity contribution in [1.29, 1.82) is 0 Å². The molecule has 22 heavy (non-hydrogen) atoms. The van der Waals surface area contributed by atoms with E-state index in [1.54, 1.807) is 0 Å². The number of nitrogens with two attached hydrogens (primary N) is 1. The smallest absolute Gasteiger partial charge is 0.223 e. The van der Waals surface area contributed by atoms with Crippen molar-refractivity contribution in [1.82, 2.24) is 9.97 Å². The minimum Gasteiger partial charge on any atom is -0.477 e. The summed E-state index contributed by atoms with van der Waals surface area (Å²) in [6, 6.07) is 0. The molecule has 1 aromatic heterocycles. The third-order valence-corrected chi connectivity index (χ3v) is 5.05. The van der Waals surface area contributed by atoms with Gasteiger partial charge in [0.05, 0.1) is 6.61 Å². The number of ether oxygens (including phenoxy) is 2. The lowest BCUT2D eigenvalue weighted by Crippen LogP contribution is -2.22. The number of nitrogen functional groups attached to an aromatic ring is 1. The van der Waals surface area contributed by atoms with E-state index in [1.807, 2.05) is 6.20 Å². The Balaban J connectivity index is 1.67. The van der Waals surface area contributed by atoms with Gasteiger partial charge in [0.2, 0.25) is 11.8 Å². The van der Waals surface area contributed by atoms with Gasteiger partial charge in [-0.05, 0) is 43.4 Å². The van der Waals surface area contributed by atoms with Crippen molar-refractivity contribution < 1.29 is 9.47 Å². The summed E-state index contributed by atoms with van der Waals surface area (Å²) in [6.45, 7) is 4.72. The van der Waals surface area contributed by atoms with Crippen LogP contribution in [0.4, 0.5) is 5.95 Å². The van der Waals surface area contributed by atoms with Crippen LogP contribution >= 0.6 is 0 Å². The van der Waals surface area contributed by atoms with E-state index in [0.717, 1.165) is 37.5 Å². The number of nitrogens with zero attached hydrogens (tertiary/aromatic N) is 2. The molecule has 0 bridgehead atoms. The molecule has 0 radical (unpaired) electrons. The van der Waals surface area contributed by atoms with E-state index >= 15 is 0 Å². The van der Waals surface area contributed by atoms with Gasteiger partial charge in [0.1, 0.15) is 0 Å². The van der Waals surface area contributed by atoms with Crippen LogP contribution in [-0.4, -0.2) is 29.8 Å². The molecule has 2 fully saturated rings. The van der Waals surface area contributed by atoms with Gasteiger partial charge in [0.25, 0.3) is 0 Å². The Morgan fingerprint density at radius 1 is 1.18 bits per heavy atom. The average molecular weight is 305 g/mol. The fourth-order valence-corrected chi connectivity index (χ4v) is 3.46. The lowest BCUT2D eigenvalue weighted by atomic mass is 9.80. The predicted octanol–water partition coefficient (Wildman–Crippen LogP) is 3.16. The van der Waals surface area contributed by atoms with Gasteiger partial charge in [-0.1, -0.05) is 19.8 Å². The highest BCUT2D eigenvalue weighted by Crippen LogP contribution is 2.38. The molecule has 1 saturated carbocycles. The summed E-state index contributed by atoms with van der Waals surface area (Å²) in [4.78, 5) is 8.56. The SMILES string of the molecule is C[C@H]1CC[C@H](c2cnc(N)nc2OCC2CCOCC2)CC1. The minimum atomic E-state index is 0.301. The third-order valence-electron chi connectivity index (χ3n) is 5.05. The monoisotopic (exact) mass is 305 g/mol. The first kappa shape index (κ1) is 15.5. The molecule has 0 unspecified atom stereocenters. The maximum absolute atomic E-state index is 6.05. The van der Waals surface area contributed by atoms with Crippen molar-refractivity contribution in [3.63, 3.8) is 0 Å². The first-order valence-electron chi connectivity index (χ1n) is 8.55. The second-order valence-corrected chi connectivity index (χ2v) is 6.81. The highest BCUT2D eigenvalue weighted by Gasteiger charge is 2.24. The first-order valence-corrected chi connectivity index (χ1v) is 8.55. The highest BCUT2D eigenvalue weighted by atomic mass is 16.5. The van der Waals surface area contributed by atoms with Crippen LogP contribution in [0, 0.1) is 11.8 Å². The molecule has 2 N–H and O–H groups in total. The Morgan fingerprint density at radius 2 is 1.91 bits per heavy atom. The molecular formula is C17H27N3O2. The first-order chi connectivity index (χ1) is 10.7. The molecule has 0 amide bonds. The van der Waals surface area contributed by atoms with Gasteiger partial charge in [0, 0.05) is 25.0 Å². The summed E-state index contributed by atoms with van der Waals surface area (Å²) in [5, 5.41) is 0. The Hall–Kier alpha value is -1.36. The summed E-state index contributed by atoms with van der Waals surface area (Å²) in [5.41, 5.74) is 6.91. The second kappa shape index (κ2) is 7.27. The van der Waals surface area contributed by atoms with Crippen molar-refractivity contribution in [2.24, 2.45) is 11.8 Å². The molecule has 3 rings (SSSR count). The Bertz CT molecular complexity index is 481. The fourth-order valence-electron chi connectivity index (χ4n) is 3.46. The molecule has 5 heteroatoms. The minimum absolute atomic E-state index is 0.301. The zero-order chi connectivity index (χ0) is 15.4. The van der Waals surface area contributed by atoms with Gasteiger partial charge in [-0.15, -0.1) is 0 Å². The van der Waals surface area contributed by atoms with Crippen LogP contribution in [0.5, 0.6) is 5.88 Å². The zero-order valence-electron chi connectivity index (χ0n) is 13.5. The topological polar surface area (TPSA) is 70.3 Å². The van der Waals surface area contributed by atoms with E-state index in [4.69, 9.17) is 15.2 Å². The van der Waals surface area contributed by atoms with Gasteiger partial charge in [-0.3, -0.25) is 0 Å². The van der Waals surface area contributed by atoms with Crippen LogP contribution in [0.2, 0.25) is 0 Å². The molecule has 2 aliphatic rings. The number of anilines is 1. The Kier molecular flexibility index (Phi) is 5.13. The van der Waals surface area contributed by atoms with Crippen LogP contribution < -0.4 is 10.5 Å². The van der Waals surface area contributed by atoms with Crippen molar-refractivity contribution >= 4 is 5.95 Å². The van der Waals surface area contributed by atoms with E-state index < -0.39 is 0 Å². The molecule has 122 valence electrons.